The molecule has 1 heterocycles. The first-order valence-electron chi connectivity index (χ1n) is 8.98. The summed E-state index contributed by atoms with van der Waals surface area (Å²) >= 11 is 6.15. The molecule has 3 N–H and O–H groups in total. The fourth-order valence-corrected chi connectivity index (χ4v) is 3.28. The van der Waals surface area contributed by atoms with E-state index < -0.39 is 6.04 Å². The van der Waals surface area contributed by atoms with Gasteiger partial charge in [0.2, 0.25) is 0 Å². The largest absolute Gasteiger partial charge is 0.494 e. The predicted molar refractivity (Wildman–Crippen MR) is 110 cm³/mol. The van der Waals surface area contributed by atoms with Crippen LogP contribution in [-0.4, -0.2) is 18.5 Å². The lowest BCUT2D eigenvalue weighted by Gasteiger charge is -2.29. The number of urea groups is 1. The maximum Gasteiger partial charge on any atom is 0.319 e. The van der Waals surface area contributed by atoms with Crippen LogP contribution in [0.4, 0.5) is 10.5 Å². The standard InChI is InChI=1S/C21H22ClN3O3/c1-4-28-15-10-8-14(9-11-15)19-18(13(3)23-21(27)25-19)20(26)24-17-7-5-6-16(22)12(17)2/h5-11,19H,4H2,1-3H3,(H,24,26)(H2,23,25,27)/t19-/m0/s1. The van der Waals surface area contributed by atoms with Crippen molar-refractivity contribution >= 4 is 29.2 Å². The fourth-order valence-electron chi connectivity index (χ4n) is 3.10. The lowest BCUT2D eigenvalue weighted by molar-refractivity contribution is -0.113. The Labute approximate surface area is 168 Å². The Kier molecular flexibility index (Phi) is 5.90. The molecule has 2 aromatic rings. The quantitative estimate of drug-likeness (QED) is 0.700. The summed E-state index contributed by atoms with van der Waals surface area (Å²) in [7, 11) is 0. The third-order valence-electron chi connectivity index (χ3n) is 4.55. The number of ether oxygens (including phenoxy) is 1. The van der Waals surface area contributed by atoms with Gasteiger partial charge in [0.15, 0.2) is 0 Å². The molecule has 2 aromatic carbocycles. The van der Waals surface area contributed by atoms with Crippen LogP contribution in [0.2, 0.25) is 5.02 Å². The molecule has 0 bridgehead atoms. The molecule has 0 radical (unpaired) electrons. The molecule has 28 heavy (non-hydrogen) atoms. The van der Waals surface area contributed by atoms with E-state index in [4.69, 9.17) is 16.3 Å². The van der Waals surface area contributed by atoms with Crippen molar-refractivity contribution in [2.24, 2.45) is 0 Å². The van der Waals surface area contributed by atoms with E-state index in [1.165, 1.54) is 0 Å². The summed E-state index contributed by atoms with van der Waals surface area (Å²) < 4.78 is 5.46. The summed E-state index contributed by atoms with van der Waals surface area (Å²) in [6, 6.07) is 11.7. The molecular weight excluding hydrogens is 378 g/mol. The zero-order valence-corrected chi connectivity index (χ0v) is 16.7. The Morgan fingerprint density at radius 3 is 2.57 bits per heavy atom. The monoisotopic (exact) mass is 399 g/mol. The van der Waals surface area contributed by atoms with Crippen LogP contribution in [0.3, 0.4) is 0 Å². The number of benzene rings is 2. The smallest absolute Gasteiger partial charge is 0.319 e. The van der Waals surface area contributed by atoms with Gasteiger partial charge in [-0.25, -0.2) is 4.79 Å². The zero-order valence-electron chi connectivity index (χ0n) is 15.9. The molecule has 3 rings (SSSR count). The molecule has 146 valence electrons. The van der Waals surface area contributed by atoms with Gasteiger partial charge in [-0.05, 0) is 56.2 Å². The second-order valence-electron chi connectivity index (χ2n) is 6.44. The molecule has 0 fully saturated rings. The maximum absolute atomic E-state index is 13.1. The summed E-state index contributed by atoms with van der Waals surface area (Å²) in [6.45, 7) is 6.02. The second-order valence-corrected chi connectivity index (χ2v) is 6.85. The highest BCUT2D eigenvalue weighted by Crippen LogP contribution is 2.30. The van der Waals surface area contributed by atoms with E-state index in [1.807, 2.05) is 38.1 Å². The van der Waals surface area contributed by atoms with Crippen molar-refractivity contribution in [3.05, 3.63) is 69.9 Å². The van der Waals surface area contributed by atoms with Crippen LogP contribution >= 0.6 is 11.6 Å². The van der Waals surface area contributed by atoms with Gasteiger partial charge >= 0.3 is 6.03 Å². The van der Waals surface area contributed by atoms with E-state index >= 15 is 0 Å². The molecule has 3 amide bonds. The van der Waals surface area contributed by atoms with Crippen molar-refractivity contribution in [2.75, 3.05) is 11.9 Å². The van der Waals surface area contributed by atoms with Crippen LogP contribution in [0.1, 0.15) is 31.0 Å². The van der Waals surface area contributed by atoms with E-state index in [-0.39, 0.29) is 11.9 Å². The normalized spacial score (nSPS) is 16.3. The van der Waals surface area contributed by atoms with E-state index in [9.17, 15) is 9.59 Å². The number of carbonyl (C=O) groups is 2. The number of carbonyl (C=O) groups excluding carboxylic acids is 2. The van der Waals surface area contributed by atoms with Gasteiger partial charge in [0.25, 0.3) is 5.91 Å². The van der Waals surface area contributed by atoms with Crippen LogP contribution in [0, 0.1) is 6.92 Å². The average Bonchev–Trinajstić information content (AvgIpc) is 2.65. The van der Waals surface area contributed by atoms with Gasteiger partial charge in [0.1, 0.15) is 5.75 Å². The summed E-state index contributed by atoms with van der Waals surface area (Å²) in [5, 5.41) is 8.96. The highest BCUT2D eigenvalue weighted by atomic mass is 35.5. The molecular formula is C21H22ClN3O3. The van der Waals surface area contributed by atoms with Gasteiger partial charge < -0.3 is 20.7 Å². The minimum atomic E-state index is -0.580. The van der Waals surface area contributed by atoms with Crippen LogP contribution in [0.15, 0.2) is 53.7 Å². The summed E-state index contributed by atoms with van der Waals surface area (Å²) in [5.41, 5.74) is 3.12. The number of halogens is 1. The maximum atomic E-state index is 13.1. The van der Waals surface area contributed by atoms with Crippen molar-refractivity contribution in [1.82, 2.24) is 10.6 Å². The molecule has 1 atom stereocenters. The summed E-state index contributed by atoms with van der Waals surface area (Å²) in [4.78, 5) is 25.1. The molecule has 7 heteroatoms. The van der Waals surface area contributed by atoms with E-state index in [2.05, 4.69) is 16.0 Å². The van der Waals surface area contributed by atoms with Crippen LogP contribution in [-0.2, 0) is 4.79 Å². The Bertz CT molecular complexity index is 938. The van der Waals surface area contributed by atoms with E-state index in [0.29, 0.717) is 28.6 Å². The third kappa shape index (κ3) is 4.12. The first-order chi connectivity index (χ1) is 13.4. The number of allylic oxidation sites excluding steroid dienone is 1. The van der Waals surface area contributed by atoms with Crippen molar-refractivity contribution in [2.45, 2.75) is 26.8 Å². The van der Waals surface area contributed by atoms with Gasteiger partial charge in [-0.15, -0.1) is 0 Å². The third-order valence-corrected chi connectivity index (χ3v) is 4.96. The predicted octanol–water partition coefficient (Wildman–Crippen LogP) is 4.31. The molecule has 1 aliphatic heterocycles. The first-order valence-corrected chi connectivity index (χ1v) is 9.36. The van der Waals surface area contributed by atoms with Gasteiger partial charge in [0.05, 0.1) is 18.2 Å². The number of amides is 3. The number of hydrogen-bond acceptors (Lipinski definition) is 3. The number of nitrogens with one attached hydrogen (secondary N) is 3. The van der Waals surface area contributed by atoms with Crippen molar-refractivity contribution in [3.8, 4) is 5.75 Å². The van der Waals surface area contributed by atoms with Crippen molar-refractivity contribution < 1.29 is 14.3 Å². The van der Waals surface area contributed by atoms with Gasteiger partial charge in [-0.2, -0.15) is 0 Å². The van der Waals surface area contributed by atoms with Crippen molar-refractivity contribution in [3.63, 3.8) is 0 Å². The zero-order chi connectivity index (χ0) is 20.3. The minimum absolute atomic E-state index is 0.311. The molecule has 0 aliphatic carbocycles. The highest BCUT2D eigenvalue weighted by molar-refractivity contribution is 6.31. The van der Waals surface area contributed by atoms with Crippen LogP contribution in [0.25, 0.3) is 0 Å². The Morgan fingerprint density at radius 2 is 1.89 bits per heavy atom. The average molecular weight is 400 g/mol. The van der Waals surface area contributed by atoms with Gasteiger partial charge in [-0.1, -0.05) is 29.8 Å². The second kappa shape index (κ2) is 8.35. The number of anilines is 1. The SMILES string of the molecule is CCOc1ccc([C@@H]2NC(=O)NC(C)=C2C(=O)Nc2cccc(Cl)c2C)cc1. The molecule has 0 spiro atoms. The molecule has 6 nitrogen and oxygen atoms in total. The number of hydrogen-bond donors (Lipinski definition) is 3. The van der Waals surface area contributed by atoms with Crippen LogP contribution < -0.4 is 20.7 Å². The minimum Gasteiger partial charge on any atom is -0.494 e. The lowest BCUT2D eigenvalue weighted by Crippen LogP contribution is -2.46. The Hall–Kier alpha value is -2.99. The molecule has 0 saturated carbocycles. The molecule has 0 aromatic heterocycles. The summed E-state index contributed by atoms with van der Waals surface area (Å²) in [5.74, 6) is 0.419. The number of rotatable bonds is 5. The molecule has 0 saturated heterocycles. The van der Waals surface area contributed by atoms with Gasteiger partial charge in [-0.3, -0.25) is 4.79 Å². The lowest BCUT2D eigenvalue weighted by atomic mass is 9.94. The van der Waals surface area contributed by atoms with E-state index in [0.717, 1.165) is 16.9 Å². The Morgan fingerprint density at radius 1 is 1.18 bits per heavy atom. The Balaban J connectivity index is 1.93. The highest BCUT2D eigenvalue weighted by Gasteiger charge is 2.31. The topological polar surface area (TPSA) is 79.5 Å². The van der Waals surface area contributed by atoms with Crippen molar-refractivity contribution in [1.29, 1.82) is 0 Å². The first kappa shape index (κ1) is 19.8. The fraction of sp³-hybridized carbons (Fsp3) is 0.238. The van der Waals surface area contributed by atoms with Crippen LogP contribution in [0.5, 0.6) is 5.75 Å². The molecule has 0 unspecified atom stereocenters. The summed E-state index contributed by atoms with van der Waals surface area (Å²) in [6.07, 6.45) is 0. The van der Waals surface area contributed by atoms with E-state index in [1.54, 1.807) is 25.1 Å². The van der Waals surface area contributed by atoms with Gasteiger partial charge in [0, 0.05) is 16.4 Å². The molecule has 1 aliphatic rings.